The van der Waals surface area contributed by atoms with Gasteiger partial charge >= 0.3 is 0 Å². The van der Waals surface area contributed by atoms with E-state index in [-0.39, 0.29) is 0 Å². The van der Waals surface area contributed by atoms with Gasteiger partial charge in [-0.3, -0.25) is 0 Å². The van der Waals surface area contributed by atoms with Crippen molar-refractivity contribution < 1.29 is 4.79 Å². The van der Waals surface area contributed by atoms with Crippen molar-refractivity contribution in [2.45, 2.75) is 20.3 Å². The molecule has 0 unspecified atom stereocenters. The topological polar surface area (TPSA) is 17.1 Å². The van der Waals surface area contributed by atoms with Crippen molar-refractivity contribution in [3.8, 4) is 0 Å². The third-order valence-corrected chi connectivity index (χ3v) is 1.75. The average molecular weight is 98.1 g/mol. The first-order valence-electron chi connectivity index (χ1n) is 2.62. The Kier molecular flexibility index (Phi) is 0.748. The molecular formula is C6H10O. The molecule has 1 heteroatoms. The van der Waals surface area contributed by atoms with E-state index in [1.54, 1.807) is 0 Å². The fraction of sp³-hybridized carbons (Fsp3) is 0.833. The van der Waals surface area contributed by atoms with E-state index in [2.05, 4.69) is 13.8 Å². The molecule has 0 heterocycles. The normalized spacial score (nSPS) is 34.9. The minimum Gasteiger partial charge on any atom is -0.303 e. The third kappa shape index (κ3) is 0.671. The molecule has 0 bridgehead atoms. The van der Waals surface area contributed by atoms with Gasteiger partial charge in [-0.2, -0.15) is 0 Å². The van der Waals surface area contributed by atoms with Crippen LogP contribution in [0, 0.1) is 11.3 Å². The fourth-order valence-electron chi connectivity index (χ4n) is 0.740. The van der Waals surface area contributed by atoms with E-state index in [4.69, 9.17) is 0 Å². The molecule has 0 saturated heterocycles. The summed E-state index contributed by atoms with van der Waals surface area (Å²) in [6.45, 7) is 4.23. The minimum absolute atomic E-state index is 0.349. The Balaban J connectivity index is 2.44. The van der Waals surface area contributed by atoms with E-state index < -0.39 is 0 Å². The monoisotopic (exact) mass is 98.1 g/mol. The molecule has 0 amide bonds. The van der Waals surface area contributed by atoms with Gasteiger partial charge in [0.1, 0.15) is 6.29 Å². The quantitative estimate of drug-likeness (QED) is 0.451. The lowest BCUT2D eigenvalue weighted by Crippen LogP contribution is -1.88. The second-order valence-corrected chi connectivity index (χ2v) is 2.94. The molecule has 1 rings (SSSR count). The molecular weight excluding hydrogens is 88.1 g/mol. The van der Waals surface area contributed by atoms with Crippen LogP contribution in [-0.4, -0.2) is 6.29 Å². The molecule has 1 saturated carbocycles. The second-order valence-electron chi connectivity index (χ2n) is 2.94. The number of hydrogen-bond donors (Lipinski definition) is 0. The maximum atomic E-state index is 9.98. The van der Waals surface area contributed by atoms with Gasteiger partial charge in [-0.15, -0.1) is 0 Å². The van der Waals surface area contributed by atoms with Crippen LogP contribution < -0.4 is 0 Å². The predicted molar refractivity (Wildman–Crippen MR) is 28.0 cm³/mol. The van der Waals surface area contributed by atoms with Gasteiger partial charge in [0.05, 0.1) is 0 Å². The van der Waals surface area contributed by atoms with Gasteiger partial charge in [0, 0.05) is 5.92 Å². The van der Waals surface area contributed by atoms with Crippen LogP contribution in [0.25, 0.3) is 0 Å². The van der Waals surface area contributed by atoms with Gasteiger partial charge in [0.15, 0.2) is 0 Å². The maximum absolute atomic E-state index is 9.98. The zero-order valence-electron chi connectivity index (χ0n) is 4.77. The lowest BCUT2D eigenvalue weighted by Gasteiger charge is -1.91. The van der Waals surface area contributed by atoms with Gasteiger partial charge in [0.2, 0.25) is 0 Å². The molecule has 0 radical (unpaired) electrons. The Labute approximate surface area is 43.7 Å². The van der Waals surface area contributed by atoms with Crippen LogP contribution in [0.5, 0.6) is 0 Å². The van der Waals surface area contributed by atoms with Crippen molar-refractivity contribution in [1.82, 2.24) is 0 Å². The molecule has 0 aromatic heterocycles. The lowest BCUT2D eigenvalue weighted by molar-refractivity contribution is -0.109. The highest BCUT2D eigenvalue weighted by Gasteiger charge is 2.45. The van der Waals surface area contributed by atoms with Crippen LogP contribution in [0.3, 0.4) is 0 Å². The number of aldehydes is 1. The van der Waals surface area contributed by atoms with Gasteiger partial charge in [-0.05, 0) is 11.8 Å². The third-order valence-electron chi connectivity index (χ3n) is 1.75. The molecule has 0 N–H and O–H groups in total. The number of carbonyl (C=O) groups is 1. The number of carbonyl (C=O) groups excluding carboxylic acids is 1. The standard InChI is InChI=1S/C6H10O/c1-6(2)3-5(6)4-7/h4-5H,3H2,1-2H3/t5-/m1/s1. The van der Waals surface area contributed by atoms with Gasteiger partial charge in [-0.1, -0.05) is 13.8 Å². The Morgan fingerprint density at radius 1 is 1.71 bits per heavy atom. The number of rotatable bonds is 1. The molecule has 0 aromatic carbocycles. The molecule has 1 aliphatic carbocycles. The van der Waals surface area contributed by atoms with Crippen molar-refractivity contribution in [3.63, 3.8) is 0 Å². The van der Waals surface area contributed by atoms with E-state index in [0.717, 1.165) is 12.7 Å². The summed E-state index contributed by atoms with van der Waals surface area (Å²) >= 11 is 0. The minimum atomic E-state index is 0.349. The molecule has 1 nitrogen and oxygen atoms in total. The SMILES string of the molecule is CC1(C)C[C@@H]1C=O. The Hall–Kier alpha value is -0.330. The molecule has 40 valence electrons. The first kappa shape index (κ1) is 4.82. The van der Waals surface area contributed by atoms with Crippen molar-refractivity contribution in [1.29, 1.82) is 0 Å². The van der Waals surface area contributed by atoms with Crippen LogP contribution in [0.4, 0.5) is 0 Å². The highest BCUT2D eigenvalue weighted by molar-refractivity contribution is 5.59. The fourth-order valence-corrected chi connectivity index (χ4v) is 0.740. The van der Waals surface area contributed by atoms with E-state index in [1.807, 2.05) is 0 Å². The summed E-state index contributed by atoms with van der Waals surface area (Å²) < 4.78 is 0. The Bertz CT molecular complexity index is 94.4. The smallest absolute Gasteiger partial charge is 0.123 e. The summed E-state index contributed by atoms with van der Waals surface area (Å²) in [4.78, 5) is 9.98. The van der Waals surface area contributed by atoms with Crippen molar-refractivity contribution >= 4 is 6.29 Å². The van der Waals surface area contributed by atoms with Crippen molar-refractivity contribution in [3.05, 3.63) is 0 Å². The highest BCUT2D eigenvalue weighted by Crippen LogP contribution is 2.49. The van der Waals surface area contributed by atoms with E-state index in [0.29, 0.717) is 11.3 Å². The van der Waals surface area contributed by atoms with E-state index in [9.17, 15) is 4.79 Å². The zero-order valence-corrected chi connectivity index (χ0v) is 4.77. The van der Waals surface area contributed by atoms with Gasteiger partial charge in [0.25, 0.3) is 0 Å². The molecule has 1 aliphatic rings. The molecule has 1 fully saturated rings. The number of hydrogen-bond acceptors (Lipinski definition) is 1. The molecule has 0 spiro atoms. The summed E-state index contributed by atoms with van der Waals surface area (Å²) in [5, 5.41) is 0. The van der Waals surface area contributed by atoms with Crippen LogP contribution in [-0.2, 0) is 4.79 Å². The Morgan fingerprint density at radius 3 is 2.14 bits per heavy atom. The first-order chi connectivity index (χ1) is 3.17. The second kappa shape index (κ2) is 1.09. The van der Waals surface area contributed by atoms with Gasteiger partial charge < -0.3 is 4.79 Å². The summed E-state index contributed by atoms with van der Waals surface area (Å²) in [6, 6.07) is 0. The van der Waals surface area contributed by atoms with E-state index >= 15 is 0 Å². The summed E-state index contributed by atoms with van der Waals surface area (Å²) in [6.07, 6.45) is 2.15. The summed E-state index contributed by atoms with van der Waals surface area (Å²) in [5.74, 6) is 0.368. The maximum Gasteiger partial charge on any atom is 0.123 e. The first-order valence-corrected chi connectivity index (χ1v) is 2.62. The highest BCUT2D eigenvalue weighted by atomic mass is 16.1. The summed E-state index contributed by atoms with van der Waals surface area (Å²) in [5.41, 5.74) is 0.349. The molecule has 7 heavy (non-hydrogen) atoms. The predicted octanol–water partition coefficient (Wildman–Crippen LogP) is 1.23. The van der Waals surface area contributed by atoms with Crippen LogP contribution >= 0.6 is 0 Å². The van der Waals surface area contributed by atoms with Crippen LogP contribution in [0.1, 0.15) is 20.3 Å². The average Bonchev–Trinajstić information content (AvgIpc) is 2.13. The van der Waals surface area contributed by atoms with E-state index in [1.165, 1.54) is 0 Å². The van der Waals surface area contributed by atoms with Crippen LogP contribution in [0.15, 0.2) is 0 Å². The molecule has 0 aliphatic heterocycles. The zero-order chi connectivity index (χ0) is 5.49. The summed E-state index contributed by atoms with van der Waals surface area (Å²) in [7, 11) is 0. The molecule has 1 atom stereocenters. The Morgan fingerprint density at radius 2 is 2.14 bits per heavy atom. The lowest BCUT2D eigenvalue weighted by atomic mass is 10.1. The van der Waals surface area contributed by atoms with Crippen molar-refractivity contribution in [2.24, 2.45) is 11.3 Å². The van der Waals surface area contributed by atoms with Gasteiger partial charge in [-0.25, -0.2) is 0 Å². The van der Waals surface area contributed by atoms with Crippen molar-refractivity contribution in [2.75, 3.05) is 0 Å². The largest absolute Gasteiger partial charge is 0.303 e. The molecule has 0 aromatic rings. The van der Waals surface area contributed by atoms with Crippen LogP contribution in [0.2, 0.25) is 0 Å².